The number of barbiturate groups is 1. The van der Waals surface area contributed by atoms with E-state index in [1.54, 1.807) is 31.2 Å². The molecule has 0 spiro atoms. The molecular weight excluding hydrogens is 532 g/mol. The van der Waals surface area contributed by atoms with Gasteiger partial charge in [0, 0.05) is 15.1 Å². The first kappa shape index (κ1) is 24.7. The van der Waals surface area contributed by atoms with Crippen LogP contribution in [0.15, 0.2) is 64.6 Å². The van der Waals surface area contributed by atoms with E-state index in [4.69, 9.17) is 16.3 Å². The van der Waals surface area contributed by atoms with Gasteiger partial charge in [-0.3, -0.25) is 14.9 Å². The lowest BCUT2D eigenvalue weighted by molar-refractivity contribution is -0.122. The first-order valence-electron chi connectivity index (χ1n) is 10.8. The van der Waals surface area contributed by atoms with Crippen LogP contribution in [-0.2, 0) is 16.2 Å². The Morgan fingerprint density at radius 3 is 2.40 bits per heavy atom. The van der Waals surface area contributed by atoms with E-state index in [1.165, 1.54) is 12.1 Å². The molecule has 3 aromatic rings. The van der Waals surface area contributed by atoms with E-state index >= 15 is 0 Å². The largest absolute Gasteiger partial charge is 0.488 e. The van der Waals surface area contributed by atoms with Crippen LogP contribution in [0, 0.1) is 20.8 Å². The number of carbonyl (C=O) groups excluding carboxylic acids is 3. The van der Waals surface area contributed by atoms with E-state index in [1.807, 2.05) is 32.0 Å². The Kier molecular flexibility index (Phi) is 7.10. The van der Waals surface area contributed by atoms with Crippen molar-refractivity contribution in [3.05, 3.63) is 97.5 Å². The number of ether oxygens (including phenoxy) is 1. The molecule has 0 aliphatic carbocycles. The first-order valence-corrected chi connectivity index (χ1v) is 12.0. The fraction of sp³-hybridized carbons (Fsp3) is 0.148. The number of amides is 4. The highest BCUT2D eigenvalue weighted by Crippen LogP contribution is 2.31. The minimum Gasteiger partial charge on any atom is -0.488 e. The number of benzene rings is 3. The van der Waals surface area contributed by atoms with E-state index < -0.39 is 17.8 Å². The molecule has 1 aliphatic rings. The fourth-order valence-electron chi connectivity index (χ4n) is 3.93. The summed E-state index contributed by atoms with van der Waals surface area (Å²) in [6.07, 6.45) is 1.43. The van der Waals surface area contributed by atoms with Crippen molar-refractivity contribution in [2.24, 2.45) is 0 Å². The Bertz CT molecular complexity index is 1380. The van der Waals surface area contributed by atoms with Crippen LogP contribution in [0.1, 0.15) is 27.8 Å². The number of anilines is 1. The number of aryl methyl sites for hydroxylation is 3. The summed E-state index contributed by atoms with van der Waals surface area (Å²) in [5.74, 6) is -1.04. The molecule has 0 atom stereocenters. The SMILES string of the molecule is Cc1cc(C)cc(COc2ccc(Br)cc2/C=C2\C(=O)NC(=O)N(c3cc(Cl)ccc3C)C2=O)c1. The van der Waals surface area contributed by atoms with Gasteiger partial charge in [-0.25, -0.2) is 9.69 Å². The Balaban J connectivity index is 1.70. The first-order chi connectivity index (χ1) is 16.6. The monoisotopic (exact) mass is 552 g/mol. The molecule has 0 saturated carbocycles. The minimum atomic E-state index is -0.831. The molecule has 3 aromatic carbocycles. The van der Waals surface area contributed by atoms with Gasteiger partial charge in [0.2, 0.25) is 0 Å². The van der Waals surface area contributed by atoms with Crippen LogP contribution in [0.2, 0.25) is 5.02 Å². The Morgan fingerprint density at radius 1 is 0.971 bits per heavy atom. The van der Waals surface area contributed by atoms with Crippen molar-refractivity contribution < 1.29 is 19.1 Å². The molecule has 1 heterocycles. The minimum absolute atomic E-state index is 0.196. The van der Waals surface area contributed by atoms with Crippen LogP contribution >= 0.6 is 27.5 Å². The molecule has 8 heteroatoms. The van der Waals surface area contributed by atoms with Gasteiger partial charge in [-0.2, -0.15) is 0 Å². The van der Waals surface area contributed by atoms with Gasteiger partial charge in [0.1, 0.15) is 17.9 Å². The summed E-state index contributed by atoms with van der Waals surface area (Å²) < 4.78 is 6.80. The smallest absolute Gasteiger partial charge is 0.335 e. The number of urea groups is 1. The highest BCUT2D eigenvalue weighted by atomic mass is 79.9. The summed E-state index contributed by atoms with van der Waals surface area (Å²) in [4.78, 5) is 39.5. The van der Waals surface area contributed by atoms with E-state index in [0.717, 1.165) is 26.1 Å². The number of imide groups is 2. The number of nitrogens with one attached hydrogen (secondary N) is 1. The van der Waals surface area contributed by atoms with Crippen molar-refractivity contribution in [1.29, 1.82) is 0 Å². The molecule has 1 fully saturated rings. The van der Waals surface area contributed by atoms with Crippen molar-refractivity contribution in [3.63, 3.8) is 0 Å². The maximum Gasteiger partial charge on any atom is 0.335 e. The van der Waals surface area contributed by atoms with Crippen molar-refractivity contribution in [2.45, 2.75) is 27.4 Å². The number of hydrogen-bond acceptors (Lipinski definition) is 4. The van der Waals surface area contributed by atoms with Crippen LogP contribution in [0.3, 0.4) is 0 Å². The molecule has 0 unspecified atom stereocenters. The number of carbonyl (C=O) groups is 3. The van der Waals surface area contributed by atoms with Gasteiger partial charge in [0.25, 0.3) is 11.8 Å². The number of rotatable bonds is 5. The molecule has 1 saturated heterocycles. The molecule has 0 aromatic heterocycles. The third kappa shape index (κ3) is 5.47. The Labute approximate surface area is 216 Å². The summed E-state index contributed by atoms with van der Waals surface area (Å²) in [6, 6.07) is 15.5. The summed E-state index contributed by atoms with van der Waals surface area (Å²) in [7, 11) is 0. The van der Waals surface area contributed by atoms with Crippen LogP contribution in [0.5, 0.6) is 5.75 Å². The van der Waals surface area contributed by atoms with Crippen molar-refractivity contribution in [3.8, 4) is 5.75 Å². The lowest BCUT2D eigenvalue weighted by Gasteiger charge is -2.27. The van der Waals surface area contributed by atoms with E-state index in [9.17, 15) is 14.4 Å². The topological polar surface area (TPSA) is 75.7 Å². The fourth-order valence-corrected chi connectivity index (χ4v) is 4.48. The van der Waals surface area contributed by atoms with Gasteiger partial charge in [0.05, 0.1) is 5.69 Å². The third-order valence-electron chi connectivity index (χ3n) is 5.46. The summed E-state index contributed by atoms with van der Waals surface area (Å²) in [5, 5.41) is 2.61. The molecule has 6 nitrogen and oxygen atoms in total. The normalized spacial score (nSPS) is 14.9. The second kappa shape index (κ2) is 10.1. The predicted molar refractivity (Wildman–Crippen MR) is 140 cm³/mol. The van der Waals surface area contributed by atoms with Gasteiger partial charge >= 0.3 is 6.03 Å². The predicted octanol–water partition coefficient (Wildman–Crippen LogP) is 6.27. The summed E-state index contributed by atoms with van der Waals surface area (Å²) in [6.45, 7) is 6.11. The molecule has 1 N–H and O–H groups in total. The standard InChI is InChI=1S/C27H22BrClN2O4/c1-15-8-16(2)10-18(9-15)14-35-24-7-5-20(28)11-19(24)12-22-25(32)30-27(34)31(26(22)33)23-13-21(29)6-4-17(23)3/h4-13H,14H2,1-3H3,(H,30,32,34)/b22-12+. The van der Waals surface area contributed by atoms with Crippen LogP contribution in [0.4, 0.5) is 10.5 Å². The molecule has 35 heavy (non-hydrogen) atoms. The summed E-state index contributed by atoms with van der Waals surface area (Å²) in [5.41, 5.74) is 4.55. The van der Waals surface area contributed by atoms with Gasteiger partial charge in [-0.15, -0.1) is 0 Å². The average Bonchev–Trinajstić information content (AvgIpc) is 2.77. The average molecular weight is 554 g/mol. The Morgan fingerprint density at radius 2 is 1.69 bits per heavy atom. The quantitative estimate of drug-likeness (QED) is 0.298. The molecular formula is C27H22BrClN2O4. The maximum atomic E-state index is 13.3. The second-order valence-electron chi connectivity index (χ2n) is 8.36. The number of nitrogens with zero attached hydrogens (tertiary/aromatic N) is 1. The molecule has 0 bridgehead atoms. The van der Waals surface area contributed by atoms with Crippen LogP contribution in [-0.4, -0.2) is 17.8 Å². The number of halogens is 2. The van der Waals surface area contributed by atoms with Crippen molar-refractivity contribution in [1.82, 2.24) is 5.32 Å². The van der Waals surface area contributed by atoms with Gasteiger partial charge in [0.15, 0.2) is 0 Å². The molecule has 1 aliphatic heterocycles. The zero-order chi connectivity index (χ0) is 25.3. The third-order valence-corrected chi connectivity index (χ3v) is 6.19. The Hall–Kier alpha value is -3.42. The van der Waals surface area contributed by atoms with Crippen LogP contribution in [0.25, 0.3) is 6.08 Å². The van der Waals surface area contributed by atoms with Crippen LogP contribution < -0.4 is 15.0 Å². The molecule has 4 rings (SSSR count). The molecule has 4 amide bonds. The second-order valence-corrected chi connectivity index (χ2v) is 9.71. The number of hydrogen-bond donors (Lipinski definition) is 1. The van der Waals surface area contributed by atoms with Crippen molar-refractivity contribution in [2.75, 3.05) is 4.90 Å². The van der Waals surface area contributed by atoms with E-state index in [-0.39, 0.29) is 5.57 Å². The zero-order valence-electron chi connectivity index (χ0n) is 19.3. The lowest BCUT2D eigenvalue weighted by atomic mass is 10.0. The highest BCUT2D eigenvalue weighted by molar-refractivity contribution is 9.10. The maximum absolute atomic E-state index is 13.3. The van der Waals surface area contributed by atoms with Crippen molar-refractivity contribution >= 4 is 57.1 Å². The van der Waals surface area contributed by atoms with Gasteiger partial charge in [-0.1, -0.05) is 62.9 Å². The zero-order valence-corrected chi connectivity index (χ0v) is 21.7. The highest BCUT2D eigenvalue weighted by Gasteiger charge is 2.37. The lowest BCUT2D eigenvalue weighted by Crippen LogP contribution is -2.54. The summed E-state index contributed by atoms with van der Waals surface area (Å²) >= 11 is 9.53. The van der Waals surface area contributed by atoms with E-state index in [2.05, 4.69) is 27.3 Å². The van der Waals surface area contributed by atoms with E-state index in [0.29, 0.717) is 34.2 Å². The molecule has 178 valence electrons. The van der Waals surface area contributed by atoms with Gasteiger partial charge in [-0.05, 0) is 68.3 Å². The molecule has 0 radical (unpaired) electrons. The van der Waals surface area contributed by atoms with Gasteiger partial charge < -0.3 is 4.74 Å².